The van der Waals surface area contributed by atoms with Crippen LogP contribution < -0.4 is 0 Å². The van der Waals surface area contributed by atoms with Gasteiger partial charge >= 0.3 is 5.97 Å². The third-order valence-electron chi connectivity index (χ3n) is 3.83. The minimum atomic E-state index is -0.648. The van der Waals surface area contributed by atoms with Gasteiger partial charge in [-0.15, -0.1) is 0 Å². The first-order valence-electron chi connectivity index (χ1n) is 7.25. The first kappa shape index (κ1) is 15.0. The first-order chi connectivity index (χ1) is 11.0. The van der Waals surface area contributed by atoms with Gasteiger partial charge in [0, 0.05) is 0 Å². The van der Waals surface area contributed by atoms with Crippen LogP contribution in [0.3, 0.4) is 0 Å². The average Bonchev–Trinajstić information content (AvgIpc) is 2.79. The molecule has 1 unspecified atom stereocenters. The second kappa shape index (κ2) is 5.68. The zero-order chi connectivity index (χ0) is 16.6. The number of carbonyl (C=O) groups is 3. The number of nitrogens with zero attached hydrogens (tertiary/aromatic N) is 1. The molecular formula is C18H15NO4. The number of benzene rings is 2. The van der Waals surface area contributed by atoms with Crippen molar-refractivity contribution >= 4 is 17.8 Å². The van der Waals surface area contributed by atoms with Crippen molar-refractivity contribution in [3.8, 4) is 0 Å². The number of amides is 2. The predicted molar refractivity (Wildman–Crippen MR) is 82.6 cm³/mol. The highest BCUT2D eigenvalue weighted by Crippen LogP contribution is 2.25. The molecule has 1 heterocycles. The molecule has 0 saturated carbocycles. The highest BCUT2D eigenvalue weighted by molar-refractivity contribution is 6.20. The van der Waals surface area contributed by atoms with Crippen molar-refractivity contribution in [1.29, 1.82) is 0 Å². The van der Waals surface area contributed by atoms with Gasteiger partial charge in [0.05, 0.1) is 17.0 Å². The number of hydroxylamine groups is 2. The van der Waals surface area contributed by atoms with E-state index in [-0.39, 0.29) is 11.1 Å². The van der Waals surface area contributed by atoms with Crippen LogP contribution in [-0.2, 0) is 9.63 Å². The van der Waals surface area contributed by atoms with Crippen LogP contribution in [0, 0.1) is 6.92 Å². The molecule has 116 valence electrons. The molecule has 0 saturated heterocycles. The number of fused-ring (bicyclic) bond motifs is 1. The summed E-state index contributed by atoms with van der Waals surface area (Å²) in [6, 6.07) is 13.8. The van der Waals surface area contributed by atoms with E-state index in [0.29, 0.717) is 5.06 Å². The molecule has 23 heavy (non-hydrogen) atoms. The van der Waals surface area contributed by atoms with E-state index in [1.54, 1.807) is 25.1 Å². The van der Waals surface area contributed by atoms with Crippen molar-refractivity contribution in [2.75, 3.05) is 0 Å². The van der Waals surface area contributed by atoms with Crippen molar-refractivity contribution in [3.05, 3.63) is 70.8 Å². The molecule has 3 rings (SSSR count). The van der Waals surface area contributed by atoms with Gasteiger partial charge in [-0.05, 0) is 31.5 Å². The molecule has 0 aromatic heterocycles. The summed E-state index contributed by atoms with van der Waals surface area (Å²) in [7, 11) is 0. The number of carbonyl (C=O) groups excluding carboxylic acids is 3. The largest absolute Gasteiger partial charge is 0.340 e. The molecule has 1 aliphatic heterocycles. The molecule has 0 spiro atoms. The highest BCUT2D eigenvalue weighted by atomic mass is 16.7. The smallest absolute Gasteiger partial charge is 0.329 e. The van der Waals surface area contributed by atoms with E-state index in [1.165, 1.54) is 12.1 Å². The summed E-state index contributed by atoms with van der Waals surface area (Å²) < 4.78 is 0. The summed E-state index contributed by atoms with van der Waals surface area (Å²) in [5, 5.41) is 0.541. The maximum Gasteiger partial charge on any atom is 0.340 e. The van der Waals surface area contributed by atoms with Gasteiger partial charge in [-0.2, -0.15) is 0 Å². The lowest BCUT2D eigenvalue weighted by atomic mass is 10.00. The van der Waals surface area contributed by atoms with Crippen LogP contribution in [0.5, 0.6) is 0 Å². The Morgan fingerprint density at radius 2 is 1.61 bits per heavy atom. The van der Waals surface area contributed by atoms with E-state index in [4.69, 9.17) is 4.84 Å². The fraction of sp³-hybridized carbons (Fsp3) is 0.167. The molecule has 0 radical (unpaired) electrons. The van der Waals surface area contributed by atoms with E-state index in [1.807, 2.05) is 25.1 Å². The van der Waals surface area contributed by atoms with Crippen molar-refractivity contribution < 1.29 is 19.2 Å². The normalized spacial score (nSPS) is 14.6. The van der Waals surface area contributed by atoms with E-state index in [2.05, 4.69) is 0 Å². The zero-order valence-corrected chi connectivity index (χ0v) is 12.8. The number of imide groups is 1. The van der Waals surface area contributed by atoms with Crippen molar-refractivity contribution in [2.45, 2.75) is 19.8 Å². The number of hydrogen-bond donors (Lipinski definition) is 0. The van der Waals surface area contributed by atoms with Crippen LogP contribution in [0.15, 0.2) is 48.5 Å². The Bertz CT molecular complexity index is 777. The Kier molecular flexibility index (Phi) is 3.70. The molecule has 5 heteroatoms. The van der Waals surface area contributed by atoms with Crippen LogP contribution >= 0.6 is 0 Å². The Hall–Kier alpha value is -2.95. The molecule has 0 N–H and O–H groups in total. The second-order valence-electron chi connectivity index (χ2n) is 5.50. The number of rotatable bonds is 3. The molecule has 0 fully saturated rings. The van der Waals surface area contributed by atoms with Gasteiger partial charge < -0.3 is 4.84 Å². The Morgan fingerprint density at radius 1 is 1.00 bits per heavy atom. The van der Waals surface area contributed by atoms with Crippen LogP contribution in [0.25, 0.3) is 0 Å². The summed E-state index contributed by atoms with van der Waals surface area (Å²) in [5.41, 5.74) is 2.27. The van der Waals surface area contributed by atoms with Gasteiger partial charge in [0.2, 0.25) is 0 Å². The monoisotopic (exact) mass is 309 g/mol. The van der Waals surface area contributed by atoms with E-state index in [9.17, 15) is 14.4 Å². The predicted octanol–water partition coefficient (Wildman–Crippen LogP) is 2.85. The molecule has 2 aromatic rings. The quantitative estimate of drug-likeness (QED) is 0.818. The molecule has 2 amide bonds. The number of aryl methyl sites for hydroxylation is 1. The molecule has 1 aliphatic rings. The van der Waals surface area contributed by atoms with Crippen LogP contribution in [-0.4, -0.2) is 22.8 Å². The lowest BCUT2D eigenvalue weighted by Gasteiger charge is -2.16. The van der Waals surface area contributed by atoms with E-state index >= 15 is 0 Å². The average molecular weight is 309 g/mol. The summed E-state index contributed by atoms with van der Waals surface area (Å²) in [6.07, 6.45) is 0. The summed E-state index contributed by atoms with van der Waals surface area (Å²) in [4.78, 5) is 41.7. The standard InChI is InChI=1S/C18H15NO4/c1-11-6-5-7-13(10-11)12(2)18(22)23-19-16(20)14-8-3-4-9-15(14)17(19)21/h3-10,12H,1-2H3. The fourth-order valence-corrected chi connectivity index (χ4v) is 2.49. The summed E-state index contributed by atoms with van der Waals surface area (Å²) in [5.74, 6) is -2.46. The van der Waals surface area contributed by atoms with Crippen molar-refractivity contribution in [3.63, 3.8) is 0 Å². The maximum atomic E-state index is 12.3. The topological polar surface area (TPSA) is 63.7 Å². The van der Waals surface area contributed by atoms with Gasteiger partial charge in [-0.3, -0.25) is 9.59 Å². The molecular weight excluding hydrogens is 294 g/mol. The van der Waals surface area contributed by atoms with Gasteiger partial charge in [0.1, 0.15) is 0 Å². The second-order valence-corrected chi connectivity index (χ2v) is 5.50. The molecule has 1 atom stereocenters. The molecule has 0 bridgehead atoms. The first-order valence-corrected chi connectivity index (χ1v) is 7.25. The van der Waals surface area contributed by atoms with E-state index in [0.717, 1.165) is 11.1 Å². The number of hydrogen-bond acceptors (Lipinski definition) is 4. The summed E-state index contributed by atoms with van der Waals surface area (Å²) >= 11 is 0. The highest BCUT2D eigenvalue weighted by Gasteiger charge is 2.39. The van der Waals surface area contributed by atoms with Crippen molar-refractivity contribution in [1.82, 2.24) is 5.06 Å². The molecule has 5 nitrogen and oxygen atoms in total. The SMILES string of the molecule is Cc1cccc(C(C)C(=O)ON2C(=O)c3ccccc3C2=O)c1. The lowest BCUT2D eigenvalue weighted by Crippen LogP contribution is -2.34. The molecule has 2 aromatic carbocycles. The van der Waals surface area contributed by atoms with Gasteiger partial charge in [0.15, 0.2) is 0 Å². The Morgan fingerprint density at radius 3 is 2.17 bits per heavy atom. The Labute approximate surface area is 133 Å². The fourth-order valence-electron chi connectivity index (χ4n) is 2.49. The third kappa shape index (κ3) is 2.61. The minimum Gasteiger partial charge on any atom is -0.329 e. The van der Waals surface area contributed by atoms with Gasteiger partial charge in [-0.1, -0.05) is 47.0 Å². The zero-order valence-electron chi connectivity index (χ0n) is 12.8. The Balaban J connectivity index is 1.79. The van der Waals surface area contributed by atoms with Gasteiger partial charge in [0.25, 0.3) is 11.8 Å². The van der Waals surface area contributed by atoms with Crippen LogP contribution in [0.2, 0.25) is 0 Å². The third-order valence-corrected chi connectivity index (χ3v) is 3.83. The van der Waals surface area contributed by atoms with Gasteiger partial charge in [-0.25, -0.2) is 4.79 Å². The van der Waals surface area contributed by atoms with Crippen LogP contribution in [0.1, 0.15) is 44.7 Å². The summed E-state index contributed by atoms with van der Waals surface area (Å²) in [6.45, 7) is 3.60. The van der Waals surface area contributed by atoms with Crippen LogP contribution in [0.4, 0.5) is 0 Å². The van der Waals surface area contributed by atoms with Crippen molar-refractivity contribution in [2.24, 2.45) is 0 Å². The molecule has 0 aliphatic carbocycles. The minimum absolute atomic E-state index is 0.244. The lowest BCUT2D eigenvalue weighted by molar-refractivity contribution is -0.170. The van der Waals surface area contributed by atoms with E-state index < -0.39 is 23.7 Å². The maximum absolute atomic E-state index is 12.3.